The van der Waals surface area contributed by atoms with Crippen molar-refractivity contribution in [2.24, 2.45) is 0 Å². The molecule has 0 N–H and O–H groups in total. The molecule has 1 atom stereocenters. The smallest absolute Gasteiger partial charge is 0.333 e. The molecule has 0 radical (unpaired) electrons. The van der Waals surface area contributed by atoms with Crippen molar-refractivity contribution in [3.63, 3.8) is 0 Å². The number of hydrogen-bond acceptors (Lipinski definition) is 5. The van der Waals surface area contributed by atoms with Gasteiger partial charge < -0.3 is 4.90 Å². The molecule has 1 amide bonds. The summed E-state index contributed by atoms with van der Waals surface area (Å²) in [7, 11) is -3.12. The SMILES string of the molecule is Cc1cn(CC(=O)N(C2CCCC2)[C@H]2CCS(=O)(=O)C2)c(=O)n1-c1ccc(C#N)cc1. The summed E-state index contributed by atoms with van der Waals surface area (Å²) in [6.45, 7) is 1.68. The Morgan fingerprint density at radius 3 is 2.42 bits per heavy atom. The number of amides is 1. The third kappa shape index (κ3) is 4.30. The molecule has 1 aliphatic carbocycles. The summed E-state index contributed by atoms with van der Waals surface area (Å²) in [5.41, 5.74) is 1.48. The monoisotopic (exact) mass is 442 g/mol. The van der Waals surface area contributed by atoms with Crippen molar-refractivity contribution < 1.29 is 13.2 Å². The number of sulfone groups is 1. The van der Waals surface area contributed by atoms with Gasteiger partial charge in [-0.15, -0.1) is 0 Å². The van der Waals surface area contributed by atoms with Crippen molar-refractivity contribution in [2.75, 3.05) is 11.5 Å². The Morgan fingerprint density at radius 1 is 1.16 bits per heavy atom. The Balaban J connectivity index is 1.60. The minimum atomic E-state index is -3.12. The summed E-state index contributed by atoms with van der Waals surface area (Å²) in [5, 5.41) is 8.97. The molecule has 9 heteroatoms. The first-order chi connectivity index (χ1) is 14.8. The maximum atomic E-state index is 13.3. The number of rotatable bonds is 5. The summed E-state index contributed by atoms with van der Waals surface area (Å²) >= 11 is 0. The van der Waals surface area contributed by atoms with Crippen LogP contribution in [0, 0.1) is 18.3 Å². The molecule has 0 bridgehead atoms. The van der Waals surface area contributed by atoms with E-state index >= 15 is 0 Å². The second-order valence-electron chi connectivity index (χ2n) is 8.47. The van der Waals surface area contributed by atoms with Gasteiger partial charge in [0.2, 0.25) is 5.91 Å². The first-order valence-electron chi connectivity index (χ1n) is 10.6. The van der Waals surface area contributed by atoms with E-state index in [1.807, 2.05) is 0 Å². The number of nitriles is 1. The highest BCUT2D eigenvalue weighted by molar-refractivity contribution is 7.91. The molecule has 1 aromatic heterocycles. The number of carbonyl (C=O) groups excluding carboxylic acids is 1. The maximum absolute atomic E-state index is 13.3. The van der Waals surface area contributed by atoms with Crippen LogP contribution in [0.15, 0.2) is 35.3 Å². The molecule has 164 valence electrons. The number of imidazole rings is 1. The molecule has 4 rings (SSSR count). The fraction of sp³-hybridized carbons (Fsp3) is 0.500. The van der Waals surface area contributed by atoms with Crippen LogP contribution in [0.5, 0.6) is 0 Å². The van der Waals surface area contributed by atoms with Crippen molar-refractivity contribution in [3.05, 3.63) is 52.2 Å². The predicted molar refractivity (Wildman–Crippen MR) is 116 cm³/mol. The number of benzene rings is 1. The average Bonchev–Trinajstić information content (AvgIpc) is 3.44. The van der Waals surface area contributed by atoms with E-state index in [4.69, 9.17) is 5.26 Å². The normalized spacial score (nSPS) is 20.6. The van der Waals surface area contributed by atoms with E-state index in [1.165, 1.54) is 9.13 Å². The molecule has 1 saturated heterocycles. The van der Waals surface area contributed by atoms with Crippen molar-refractivity contribution >= 4 is 15.7 Å². The fourth-order valence-electron chi connectivity index (χ4n) is 4.84. The lowest BCUT2D eigenvalue weighted by atomic mass is 10.1. The highest BCUT2D eigenvalue weighted by atomic mass is 32.2. The van der Waals surface area contributed by atoms with Gasteiger partial charge in [0.25, 0.3) is 0 Å². The zero-order valence-electron chi connectivity index (χ0n) is 17.5. The van der Waals surface area contributed by atoms with E-state index in [1.54, 1.807) is 42.3 Å². The topological polar surface area (TPSA) is 105 Å². The maximum Gasteiger partial charge on any atom is 0.333 e. The molecule has 0 spiro atoms. The molecule has 2 heterocycles. The predicted octanol–water partition coefficient (Wildman–Crippen LogP) is 1.78. The van der Waals surface area contributed by atoms with Crippen molar-refractivity contribution in [2.45, 2.75) is 57.7 Å². The summed E-state index contributed by atoms with van der Waals surface area (Å²) in [5.74, 6) is -0.0781. The number of nitrogens with zero attached hydrogens (tertiary/aromatic N) is 4. The van der Waals surface area contributed by atoms with Crippen LogP contribution in [0.25, 0.3) is 5.69 Å². The highest BCUT2D eigenvalue weighted by Gasteiger charge is 2.39. The van der Waals surface area contributed by atoms with Gasteiger partial charge in [-0.1, -0.05) is 12.8 Å². The van der Waals surface area contributed by atoms with Gasteiger partial charge in [0.15, 0.2) is 9.84 Å². The van der Waals surface area contributed by atoms with E-state index in [2.05, 4.69) is 6.07 Å². The standard InChI is InChI=1S/C22H26N4O4S/c1-16-13-24(22(28)25(16)19-8-6-17(12-23)7-9-19)14-21(27)26(18-4-2-3-5-18)20-10-11-31(29,30)15-20/h6-9,13,18,20H,2-5,10-11,14-15H2,1H3/t20-/m0/s1. The summed E-state index contributed by atoms with van der Waals surface area (Å²) in [4.78, 5) is 28.1. The largest absolute Gasteiger partial charge is 0.334 e. The number of aryl methyl sites for hydroxylation is 1. The third-order valence-corrected chi connectivity index (χ3v) is 8.05. The first kappa shape index (κ1) is 21.4. The molecule has 1 saturated carbocycles. The molecule has 0 unspecified atom stereocenters. The Bertz CT molecular complexity index is 1180. The van der Waals surface area contributed by atoms with Crippen molar-refractivity contribution in [1.29, 1.82) is 5.26 Å². The molecule has 2 aliphatic rings. The van der Waals surface area contributed by atoms with E-state index < -0.39 is 9.84 Å². The Hall–Kier alpha value is -2.86. The van der Waals surface area contributed by atoms with Crippen molar-refractivity contribution in [1.82, 2.24) is 14.0 Å². The van der Waals surface area contributed by atoms with Crippen LogP contribution in [-0.2, 0) is 21.2 Å². The van der Waals surface area contributed by atoms with Gasteiger partial charge in [0, 0.05) is 24.0 Å². The van der Waals surface area contributed by atoms with Gasteiger partial charge in [-0.05, 0) is 50.5 Å². The highest BCUT2D eigenvalue weighted by Crippen LogP contribution is 2.29. The zero-order chi connectivity index (χ0) is 22.2. The summed E-state index contributed by atoms with van der Waals surface area (Å²) in [6.07, 6.45) is 5.93. The second kappa shape index (κ2) is 8.35. The lowest BCUT2D eigenvalue weighted by molar-refractivity contribution is -0.136. The third-order valence-electron chi connectivity index (χ3n) is 6.30. The zero-order valence-corrected chi connectivity index (χ0v) is 18.3. The van der Waals surface area contributed by atoms with Crippen LogP contribution in [0.4, 0.5) is 0 Å². The number of hydrogen-bond donors (Lipinski definition) is 0. The molecule has 2 fully saturated rings. The van der Waals surface area contributed by atoms with Crippen LogP contribution in [-0.4, -0.2) is 51.9 Å². The molecule has 2 aromatic rings. The van der Waals surface area contributed by atoms with Crippen LogP contribution in [0.1, 0.15) is 43.4 Å². The first-order valence-corrected chi connectivity index (χ1v) is 12.4. The molecular weight excluding hydrogens is 416 g/mol. The Labute approximate surface area is 181 Å². The second-order valence-corrected chi connectivity index (χ2v) is 10.7. The van der Waals surface area contributed by atoms with Gasteiger partial charge in [-0.25, -0.2) is 13.2 Å². The Morgan fingerprint density at radius 2 is 1.84 bits per heavy atom. The minimum Gasteiger partial charge on any atom is -0.334 e. The van der Waals surface area contributed by atoms with Crippen LogP contribution >= 0.6 is 0 Å². The van der Waals surface area contributed by atoms with E-state index in [0.29, 0.717) is 23.4 Å². The van der Waals surface area contributed by atoms with Crippen LogP contribution in [0.3, 0.4) is 0 Å². The fourth-order valence-corrected chi connectivity index (χ4v) is 6.55. The minimum absolute atomic E-state index is 0.00935. The quantitative estimate of drug-likeness (QED) is 0.702. The number of aromatic nitrogens is 2. The van der Waals surface area contributed by atoms with E-state index in [9.17, 15) is 18.0 Å². The summed E-state index contributed by atoms with van der Waals surface area (Å²) in [6, 6.07) is 8.48. The molecule has 1 aromatic carbocycles. The Kier molecular flexibility index (Phi) is 5.75. The van der Waals surface area contributed by atoms with E-state index in [0.717, 1.165) is 25.7 Å². The average molecular weight is 443 g/mol. The van der Waals surface area contributed by atoms with Crippen molar-refractivity contribution in [3.8, 4) is 11.8 Å². The van der Waals surface area contributed by atoms with Gasteiger partial charge in [-0.3, -0.25) is 13.9 Å². The lowest BCUT2D eigenvalue weighted by Crippen LogP contribution is -2.48. The number of carbonyl (C=O) groups is 1. The molecule has 8 nitrogen and oxygen atoms in total. The van der Waals surface area contributed by atoms with E-state index in [-0.39, 0.29) is 41.7 Å². The molecule has 1 aliphatic heterocycles. The van der Waals surface area contributed by atoms with Gasteiger partial charge in [0.1, 0.15) is 6.54 Å². The summed E-state index contributed by atoms with van der Waals surface area (Å²) < 4.78 is 27.0. The van der Waals surface area contributed by atoms with Gasteiger partial charge in [-0.2, -0.15) is 5.26 Å². The van der Waals surface area contributed by atoms with Crippen LogP contribution < -0.4 is 5.69 Å². The van der Waals surface area contributed by atoms with Gasteiger partial charge >= 0.3 is 5.69 Å². The van der Waals surface area contributed by atoms with Crippen LogP contribution in [0.2, 0.25) is 0 Å². The lowest BCUT2D eigenvalue weighted by Gasteiger charge is -2.34. The van der Waals surface area contributed by atoms with Gasteiger partial charge in [0.05, 0.1) is 28.8 Å². The molecule has 31 heavy (non-hydrogen) atoms. The molecular formula is C22H26N4O4S.